The van der Waals surface area contributed by atoms with Gasteiger partial charge in [-0.1, -0.05) is 13.8 Å². The summed E-state index contributed by atoms with van der Waals surface area (Å²) in [6.45, 7) is 7.17. The number of aromatic nitrogens is 2. The van der Waals surface area contributed by atoms with Crippen LogP contribution in [0.15, 0.2) is 9.59 Å². The van der Waals surface area contributed by atoms with Gasteiger partial charge in [-0.05, 0) is 38.3 Å². The van der Waals surface area contributed by atoms with E-state index in [0.717, 1.165) is 24.1 Å². The largest absolute Gasteiger partial charge is 0.369 e. The van der Waals surface area contributed by atoms with Crippen LogP contribution in [0.25, 0.3) is 0 Å². The van der Waals surface area contributed by atoms with Crippen molar-refractivity contribution in [3.05, 3.63) is 26.4 Å². The SMILES string of the molecule is CC(C)C[C@H](CNc1c(C#N)c(=O)n(C)c(=O)n1C)N1CCCC1. The fourth-order valence-corrected chi connectivity index (χ4v) is 3.38. The molecule has 0 aliphatic carbocycles. The monoisotopic (exact) mass is 333 g/mol. The Bertz CT molecular complexity index is 735. The fourth-order valence-electron chi connectivity index (χ4n) is 3.38. The normalized spacial score (nSPS) is 16.3. The summed E-state index contributed by atoms with van der Waals surface area (Å²) in [6.07, 6.45) is 3.46. The van der Waals surface area contributed by atoms with Crippen molar-refractivity contribution in [3.8, 4) is 6.07 Å². The van der Waals surface area contributed by atoms with Crippen molar-refractivity contribution < 1.29 is 0 Å². The standard InChI is InChI=1S/C17H27N5O2/c1-12(2)9-13(22-7-5-6-8-22)11-19-15-14(10-18)16(23)21(4)17(24)20(15)3/h12-13,19H,5-9,11H2,1-4H3/t13-/m1/s1. The summed E-state index contributed by atoms with van der Waals surface area (Å²) in [5.41, 5.74) is -0.989. The molecule has 7 heteroatoms. The Morgan fingerprint density at radius 2 is 1.79 bits per heavy atom. The Kier molecular flexibility index (Phi) is 5.84. The van der Waals surface area contributed by atoms with E-state index in [1.54, 1.807) is 7.05 Å². The van der Waals surface area contributed by atoms with E-state index >= 15 is 0 Å². The number of nitrogens with zero attached hydrogens (tertiary/aromatic N) is 4. The van der Waals surface area contributed by atoms with Crippen molar-refractivity contribution in [2.24, 2.45) is 20.0 Å². The molecule has 0 amide bonds. The van der Waals surface area contributed by atoms with Crippen LogP contribution in [0, 0.1) is 17.2 Å². The highest BCUT2D eigenvalue weighted by molar-refractivity contribution is 5.51. The Labute approximate surface area is 142 Å². The maximum atomic E-state index is 12.1. The lowest BCUT2D eigenvalue weighted by Crippen LogP contribution is -2.43. The smallest absolute Gasteiger partial charge is 0.332 e. The minimum absolute atomic E-state index is 0.00989. The van der Waals surface area contributed by atoms with E-state index in [2.05, 4.69) is 24.1 Å². The molecule has 0 spiro atoms. The number of rotatable bonds is 6. The van der Waals surface area contributed by atoms with Crippen LogP contribution < -0.4 is 16.6 Å². The van der Waals surface area contributed by atoms with Crippen LogP contribution in [0.2, 0.25) is 0 Å². The van der Waals surface area contributed by atoms with Crippen molar-refractivity contribution in [3.63, 3.8) is 0 Å². The quantitative estimate of drug-likeness (QED) is 0.835. The number of nitrogens with one attached hydrogen (secondary N) is 1. The van der Waals surface area contributed by atoms with Gasteiger partial charge >= 0.3 is 5.69 Å². The van der Waals surface area contributed by atoms with Crippen LogP contribution in [-0.2, 0) is 14.1 Å². The second-order valence-electron chi connectivity index (χ2n) is 6.95. The van der Waals surface area contributed by atoms with E-state index in [0.29, 0.717) is 24.3 Å². The summed E-state index contributed by atoms with van der Waals surface area (Å²) >= 11 is 0. The summed E-state index contributed by atoms with van der Waals surface area (Å²) in [4.78, 5) is 26.7. The van der Waals surface area contributed by atoms with Gasteiger partial charge in [-0.3, -0.25) is 18.8 Å². The highest BCUT2D eigenvalue weighted by Crippen LogP contribution is 2.19. The van der Waals surface area contributed by atoms with Gasteiger partial charge in [-0.15, -0.1) is 0 Å². The summed E-state index contributed by atoms with van der Waals surface area (Å²) in [5.74, 6) is 0.874. The number of nitriles is 1. The summed E-state index contributed by atoms with van der Waals surface area (Å²) < 4.78 is 2.31. The van der Waals surface area contributed by atoms with E-state index in [9.17, 15) is 14.9 Å². The highest BCUT2D eigenvalue weighted by Gasteiger charge is 2.24. The second kappa shape index (κ2) is 7.67. The lowest BCUT2D eigenvalue weighted by molar-refractivity contribution is 0.222. The molecule has 1 saturated heterocycles. The van der Waals surface area contributed by atoms with Gasteiger partial charge in [0.1, 0.15) is 11.9 Å². The van der Waals surface area contributed by atoms with Crippen molar-refractivity contribution in [1.82, 2.24) is 14.0 Å². The third kappa shape index (κ3) is 3.70. The van der Waals surface area contributed by atoms with Crippen LogP contribution in [0.3, 0.4) is 0 Å². The number of anilines is 1. The van der Waals surface area contributed by atoms with Gasteiger partial charge < -0.3 is 5.32 Å². The van der Waals surface area contributed by atoms with E-state index in [1.807, 2.05) is 6.07 Å². The molecule has 24 heavy (non-hydrogen) atoms. The topological polar surface area (TPSA) is 83.1 Å². The zero-order valence-corrected chi connectivity index (χ0v) is 15.0. The minimum atomic E-state index is -0.551. The molecule has 0 aromatic carbocycles. The van der Waals surface area contributed by atoms with Crippen LogP contribution >= 0.6 is 0 Å². The number of hydrogen-bond donors (Lipinski definition) is 1. The van der Waals surface area contributed by atoms with Gasteiger partial charge in [0.25, 0.3) is 5.56 Å². The zero-order chi connectivity index (χ0) is 17.9. The number of hydrogen-bond acceptors (Lipinski definition) is 5. The third-order valence-electron chi connectivity index (χ3n) is 4.68. The van der Waals surface area contributed by atoms with Crippen molar-refractivity contribution >= 4 is 5.82 Å². The molecule has 1 atom stereocenters. The lowest BCUT2D eigenvalue weighted by Gasteiger charge is -2.30. The van der Waals surface area contributed by atoms with Gasteiger partial charge in [0.05, 0.1) is 0 Å². The van der Waals surface area contributed by atoms with Crippen molar-refractivity contribution in [2.75, 3.05) is 25.0 Å². The van der Waals surface area contributed by atoms with E-state index < -0.39 is 11.2 Å². The maximum Gasteiger partial charge on any atom is 0.332 e. The molecule has 0 saturated carbocycles. The predicted octanol–water partition coefficient (Wildman–Crippen LogP) is 0.878. The van der Waals surface area contributed by atoms with Crippen molar-refractivity contribution in [2.45, 2.75) is 39.2 Å². The minimum Gasteiger partial charge on any atom is -0.369 e. The molecule has 1 aromatic heterocycles. The molecular weight excluding hydrogens is 306 g/mol. The molecule has 7 nitrogen and oxygen atoms in total. The Morgan fingerprint density at radius 3 is 2.33 bits per heavy atom. The van der Waals surface area contributed by atoms with E-state index in [4.69, 9.17) is 0 Å². The first-order valence-corrected chi connectivity index (χ1v) is 8.54. The van der Waals surface area contributed by atoms with E-state index in [-0.39, 0.29) is 5.56 Å². The molecule has 1 aliphatic heterocycles. The molecule has 0 bridgehead atoms. The summed E-state index contributed by atoms with van der Waals surface area (Å²) in [6, 6.07) is 2.27. The van der Waals surface area contributed by atoms with Crippen molar-refractivity contribution in [1.29, 1.82) is 5.26 Å². The average molecular weight is 333 g/mol. The molecule has 1 aliphatic rings. The third-order valence-corrected chi connectivity index (χ3v) is 4.68. The summed E-state index contributed by atoms with van der Waals surface area (Å²) in [7, 11) is 2.97. The van der Waals surface area contributed by atoms with Crippen LogP contribution in [0.1, 0.15) is 38.7 Å². The zero-order valence-electron chi connectivity index (χ0n) is 15.0. The van der Waals surface area contributed by atoms with Crippen LogP contribution in [0.5, 0.6) is 0 Å². The maximum absolute atomic E-state index is 12.1. The number of likely N-dealkylation sites (tertiary alicyclic amines) is 1. The van der Waals surface area contributed by atoms with Crippen LogP contribution in [0.4, 0.5) is 5.82 Å². The molecule has 1 fully saturated rings. The fraction of sp³-hybridized carbons (Fsp3) is 0.706. The van der Waals surface area contributed by atoms with Gasteiger partial charge in [0.2, 0.25) is 0 Å². The molecule has 1 N–H and O–H groups in total. The molecule has 1 aromatic rings. The predicted molar refractivity (Wildman–Crippen MR) is 94.2 cm³/mol. The second-order valence-corrected chi connectivity index (χ2v) is 6.95. The molecule has 2 heterocycles. The Morgan fingerprint density at radius 1 is 1.17 bits per heavy atom. The molecule has 132 valence electrons. The van der Waals surface area contributed by atoms with Gasteiger partial charge in [-0.25, -0.2) is 4.79 Å². The lowest BCUT2D eigenvalue weighted by atomic mass is 10.0. The first-order valence-electron chi connectivity index (χ1n) is 8.54. The first-order chi connectivity index (χ1) is 11.4. The van der Waals surface area contributed by atoms with Crippen LogP contribution in [-0.4, -0.2) is 39.7 Å². The van der Waals surface area contributed by atoms with E-state index in [1.165, 1.54) is 24.5 Å². The Hall–Kier alpha value is -2.07. The first kappa shape index (κ1) is 18.3. The average Bonchev–Trinajstić information content (AvgIpc) is 3.07. The van der Waals surface area contributed by atoms with Gasteiger partial charge in [-0.2, -0.15) is 5.26 Å². The Balaban J connectivity index is 2.28. The molecule has 0 unspecified atom stereocenters. The van der Waals surface area contributed by atoms with Gasteiger partial charge in [0.15, 0.2) is 5.56 Å². The molecule has 0 radical (unpaired) electrons. The highest BCUT2D eigenvalue weighted by atomic mass is 16.2. The summed E-state index contributed by atoms with van der Waals surface area (Å²) in [5, 5.41) is 12.5. The molecule has 2 rings (SSSR count). The molecular formula is C17H27N5O2. The van der Waals surface area contributed by atoms with Gasteiger partial charge in [0, 0.05) is 26.7 Å².